The summed E-state index contributed by atoms with van der Waals surface area (Å²) < 4.78 is 6.13. The van der Waals surface area contributed by atoms with Gasteiger partial charge in [-0.3, -0.25) is 14.5 Å². The smallest absolute Gasteiger partial charge is 0.260 e. The number of carbonyl (C=O) groups is 2. The number of likely N-dealkylation sites (tertiary alicyclic amines) is 1. The SMILES string of the molecule is Cc1ccc2c(c1)N(COCC[Si](C)(C)C)C(=O)C21C(c2cccc(Cl)c2)CCC(=O)N1CC1CC1. The van der Waals surface area contributed by atoms with E-state index in [4.69, 9.17) is 16.3 Å². The van der Waals surface area contributed by atoms with E-state index in [2.05, 4.69) is 43.9 Å². The number of hydrogen-bond donors (Lipinski definition) is 0. The van der Waals surface area contributed by atoms with Crippen LogP contribution in [0.1, 0.15) is 48.3 Å². The summed E-state index contributed by atoms with van der Waals surface area (Å²) in [6.45, 7) is 10.5. The normalized spacial score (nSPS) is 24.1. The van der Waals surface area contributed by atoms with Crippen LogP contribution in [0.4, 0.5) is 5.69 Å². The van der Waals surface area contributed by atoms with Gasteiger partial charge in [0.2, 0.25) is 5.91 Å². The molecule has 1 aliphatic carbocycles. The number of piperidine rings is 1. The number of benzene rings is 2. The molecule has 3 aliphatic rings. The fraction of sp³-hybridized carbons (Fsp3) is 0.517. The van der Waals surface area contributed by atoms with Crippen molar-refractivity contribution in [3.05, 3.63) is 64.2 Å². The summed E-state index contributed by atoms with van der Waals surface area (Å²) in [4.78, 5) is 32.0. The van der Waals surface area contributed by atoms with Crippen LogP contribution in [0.25, 0.3) is 0 Å². The number of hydrogen-bond acceptors (Lipinski definition) is 3. The van der Waals surface area contributed by atoms with Crippen molar-refractivity contribution in [2.75, 3.05) is 24.8 Å². The van der Waals surface area contributed by atoms with E-state index in [9.17, 15) is 9.59 Å². The molecule has 1 saturated heterocycles. The summed E-state index contributed by atoms with van der Waals surface area (Å²) >= 11 is 6.43. The van der Waals surface area contributed by atoms with E-state index in [1.54, 1.807) is 4.90 Å². The molecule has 7 heteroatoms. The van der Waals surface area contributed by atoms with Crippen LogP contribution in [0.5, 0.6) is 0 Å². The van der Waals surface area contributed by atoms with Gasteiger partial charge < -0.3 is 9.64 Å². The largest absolute Gasteiger partial charge is 0.361 e. The van der Waals surface area contributed by atoms with Gasteiger partial charge in [0.05, 0.1) is 5.69 Å². The van der Waals surface area contributed by atoms with E-state index in [0.29, 0.717) is 36.9 Å². The third-order valence-corrected chi connectivity index (χ3v) is 9.85. The number of amides is 2. The first-order valence-corrected chi connectivity index (χ1v) is 17.3. The average molecular weight is 525 g/mol. The van der Waals surface area contributed by atoms with Crippen molar-refractivity contribution in [2.45, 2.75) is 69.7 Å². The first kappa shape index (κ1) is 25.5. The summed E-state index contributed by atoms with van der Waals surface area (Å²) in [6, 6.07) is 15.1. The third kappa shape index (κ3) is 4.64. The molecule has 0 aromatic heterocycles. The fourth-order valence-electron chi connectivity index (χ4n) is 5.81. The maximum Gasteiger partial charge on any atom is 0.260 e. The molecular weight excluding hydrogens is 488 g/mol. The highest BCUT2D eigenvalue weighted by molar-refractivity contribution is 6.76. The van der Waals surface area contributed by atoms with E-state index in [-0.39, 0.29) is 24.5 Å². The van der Waals surface area contributed by atoms with Crippen molar-refractivity contribution in [2.24, 2.45) is 5.92 Å². The molecule has 0 radical (unpaired) electrons. The van der Waals surface area contributed by atoms with Crippen molar-refractivity contribution < 1.29 is 14.3 Å². The lowest BCUT2D eigenvalue weighted by molar-refractivity contribution is -0.154. The van der Waals surface area contributed by atoms with Gasteiger partial charge in [0.15, 0.2) is 5.54 Å². The van der Waals surface area contributed by atoms with Gasteiger partial charge in [0.1, 0.15) is 6.73 Å². The van der Waals surface area contributed by atoms with Gasteiger partial charge in [-0.1, -0.05) is 55.5 Å². The number of rotatable bonds is 8. The Kier molecular flexibility index (Phi) is 6.81. The topological polar surface area (TPSA) is 49.9 Å². The Morgan fingerprint density at radius 2 is 1.86 bits per heavy atom. The lowest BCUT2D eigenvalue weighted by Crippen LogP contribution is -2.61. The van der Waals surface area contributed by atoms with Gasteiger partial charge in [-0.05, 0) is 67.5 Å². The van der Waals surface area contributed by atoms with Crippen molar-refractivity contribution in [1.82, 2.24) is 4.90 Å². The highest BCUT2D eigenvalue weighted by Crippen LogP contribution is 2.56. The van der Waals surface area contributed by atoms with Crippen LogP contribution in [0.3, 0.4) is 0 Å². The van der Waals surface area contributed by atoms with Crippen LogP contribution in [-0.4, -0.2) is 44.7 Å². The van der Waals surface area contributed by atoms with Crippen LogP contribution in [0, 0.1) is 12.8 Å². The van der Waals surface area contributed by atoms with Gasteiger partial charge >= 0.3 is 0 Å². The van der Waals surface area contributed by atoms with Crippen molar-refractivity contribution in [3.8, 4) is 0 Å². The highest BCUT2D eigenvalue weighted by Gasteiger charge is 2.63. The quantitative estimate of drug-likeness (QED) is 0.300. The molecule has 1 spiro atoms. The van der Waals surface area contributed by atoms with Gasteiger partial charge in [0.25, 0.3) is 5.91 Å². The van der Waals surface area contributed by atoms with E-state index < -0.39 is 13.6 Å². The molecular formula is C29H37ClN2O3Si. The predicted molar refractivity (Wildman–Crippen MR) is 147 cm³/mol. The Labute approximate surface area is 220 Å². The first-order valence-electron chi connectivity index (χ1n) is 13.2. The molecule has 2 aromatic rings. The van der Waals surface area contributed by atoms with Crippen LogP contribution < -0.4 is 4.90 Å². The molecule has 2 atom stereocenters. The number of halogens is 1. The molecule has 2 amide bonds. The Balaban J connectivity index is 1.61. The van der Waals surface area contributed by atoms with E-state index in [1.165, 1.54) is 0 Å². The van der Waals surface area contributed by atoms with Gasteiger partial charge in [-0.25, -0.2) is 0 Å². The number of aryl methyl sites for hydroxylation is 1. The predicted octanol–water partition coefficient (Wildman–Crippen LogP) is 6.32. The number of ether oxygens (including phenoxy) is 1. The lowest BCUT2D eigenvalue weighted by Gasteiger charge is -2.49. The second-order valence-corrected chi connectivity index (χ2v) is 18.0. The molecule has 5 rings (SSSR count). The standard InChI is InChI=1S/C29H37ClN2O3Si/c1-20-8-11-25-26(16-20)31(19-35-14-15-36(2,3)4)28(34)29(25)24(22-6-5-7-23(30)17-22)12-13-27(33)32(29)18-21-9-10-21/h5-8,11,16-17,21,24H,9-10,12-15,18-19H2,1-4H3. The van der Waals surface area contributed by atoms with Crippen LogP contribution in [-0.2, 0) is 19.9 Å². The highest BCUT2D eigenvalue weighted by atomic mass is 35.5. The zero-order valence-electron chi connectivity index (χ0n) is 21.9. The van der Waals surface area contributed by atoms with E-state index in [1.807, 2.05) is 30.0 Å². The molecule has 1 saturated carbocycles. The Morgan fingerprint density at radius 3 is 2.56 bits per heavy atom. The van der Waals surface area contributed by atoms with Crippen LogP contribution in [0.15, 0.2) is 42.5 Å². The molecule has 36 heavy (non-hydrogen) atoms. The van der Waals surface area contributed by atoms with Crippen molar-refractivity contribution >= 4 is 37.2 Å². The molecule has 2 fully saturated rings. The van der Waals surface area contributed by atoms with Crippen molar-refractivity contribution in [1.29, 1.82) is 0 Å². The van der Waals surface area contributed by atoms with Crippen LogP contribution in [0.2, 0.25) is 30.7 Å². The summed E-state index contributed by atoms with van der Waals surface area (Å²) in [5.41, 5.74) is 2.81. The fourth-order valence-corrected chi connectivity index (χ4v) is 6.77. The number of nitrogens with zero attached hydrogens (tertiary/aromatic N) is 2. The van der Waals surface area contributed by atoms with E-state index >= 15 is 0 Å². The minimum absolute atomic E-state index is 0.0465. The minimum atomic E-state index is -1.26. The van der Waals surface area contributed by atoms with Crippen molar-refractivity contribution in [3.63, 3.8) is 0 Å². The summed E-state index contributed by atoms with van der Waals surface area (Å²) in [6.07, 6.45) is 3.27. The van der Waals surface area contributed by atoms with Crippen LogP contribution >= 0.6 is 11.6 Å². The number of fused-ring (bicyclic) bond motifs is 2. The number of carbonyl (C=O) groups excluding carboxylic acids is 2. The second kappa shape index (κ2) is 9.62. The maximum absolute atomic E-state index is 14.7. The summed E-state index contributed by atoms with van der Waals surface area (Å²) in [7, 11) is -1.26. The summed E-state index contributed by atoms with van der Waals surface area (Å²) in [5.74, 6) is 0.317. The van der Waals surface area contributed by atoms with E-state index in [0.717, 1.165) is 41.3 Å². The average Bonchev–Trinajstić information content (AvgIpc) is 3.60. The molecule has 2 aromatic carbocycles. The number of anilines is 1. The molecule has 5 nitrogen and oxygen atoms in total. The molecule has 2 heterocycles. The Bertz CT molecular complexity index is 1180. The monoisotopic (exact) mass is 524 g/mol. The molecule has 192 valence electrons. The third-order valence-electron chi connectivity index (χ3n) is 7.91. The Hall–Kier alpha value is -2.15. The van der Waals surface area contributed by atoms with Gasteiger partial charge in [-0.15, -0.1) is 0 Å². The zero-order valence-corrected chi connectivity index (χ0v) is 23.6. The maximum atomic E-state index is 14.7. The zero-order chi connectivity index (χ0) is 25.7. The molecule has 2 unspecified atom stereocenters. The van der Waals surface area contributed by atoms with Gasteiger partial charge in [-0.2, -0.15) is 0 Å². The second-order valence-electron chi connectivity index (χ2n) is 12.0. The first-order chi connectivity index (χ1) is 17.1. The summed E-state index contributed by atoms with van der Waals surface area (Å²) in [5, 5.41) is 0.648. The molecule has 0 N–H and O–H groups in total. The van der Waals surface area contributed by atoms with Gasteiger partial charge in [0, 0.05) is 44.2 Å². The molecule has 2 aliphatic heterocycles. The molecule has 0 bridgehead atoms. The minimum Gasteiger partial charge on any atom is -0.361 e. The lowest BCUT2D eigenvalue weighted by atomic mass is 9.69. The Morgan fingerprint density at radius 1 is 1.08 bits per heavy atom.